The van der Waals surface area contributed by atoms with Gasteiger partial charge in [-0.1, -0.05) is 30.3 Å². The Morgan fingerprint density at radius 2 is 1.96 bits per heavy atom. The third-order valence-electron chi connectivity index (χ3n) is 4.36. The number of benzene rings is 2. The second-order valence-electron chi connectivity index (χ2n) is 6.08. The molecule has 138 valence electrons. The van der Waals surface area contributed by atoms with Crippen molar-refractivity contribution in [1.29, 1.82) is 0 Å². The van der Waals surface area contributed by atoms with E-state index >= 15 is 0 Å². The topological polar surface area (TPSA) is 85.5 Å². The predicted octanol–water partition coefficient (Wildman–Crippen LogP) is 2.56. The number of fused-ring (bicyclic) bond motifs is 2. The van der Waals surface area contributed by atoms with Crippen LogP contribution in [0.15, 0.2) is 60.8 Å². The van der Waals surface area contributed by atoms with Gasteiger partial charge in [-0.15, -0.1) is 0 Å². The number of carbonyl (C=O) groups is 2. The van der Waals surface area contributed by atoms with Gasteiger partial charge < -0.3 is 15.4 Å². The summed E-state index contributed by atoms with van der Waals surface area (Å²) in [6, 6.07) is 16.8. The maximum atomic E-state index is 11.6. The number of anilines is 1. The molecule has 1 aliphatic heterocycles. The summed E-state index contributed by atoms with van der Waals surface area (Å²) in [7, 11) is 1.65. The highest BCUT2D eigenvalue weighted by Gasteiger charge is 2.25. The van der Waals surface area contributed by atoms with Crippen LogP contribution >= 0.6 is 0 Å². The lowest BCUT2D eigenvalue weighted by Gasteiger charge is -2.16. The molecule has 27 heavy (non-hydrogen) atoms. The highest BCUT2D eigenvalue weighted by Crippen LogP contribution is 2.27. The van der Waals surface area contributed by atoms with Crippen molar-refractivity contribution >= 4 is 28.4 Å². The van der Waals surface area contributed by atoms with E-state index in [1.165, 1.54) is 0 Å². The minimum absolute atomic E-state index is 0.170. The number of rotatable bonds is 4. The highest BCUT2D eigenvalue weighted by atomic mass is 16.5. The maximum absolute atomic E-state index is 11.6. The molecular weight excluding hydrogens is 342 g/mol. The Labute approximate surface area is 157 Å². The van der Waals surface area contributed by atoms with Crippen LogP contribution < -0.4 is 10.6 Å². The van der Waals surface area contributed by atoms with Crippen molar-refractivity contribution in [3.8, 4) is 0 Å². The second kappa shape index (κ2) is 8.42. The van der Waals surface area contributed by atoms with Crippen LogP contribution in [0.4, 0.5) is 5.69 Å². The first-order chi connectivity index (χ1) is 13.1. The number of hydrogen-bond donors (Lipinski definition) is 1. The molecule has 0 bridgehead atoms. The lowest BCUT2D eigenvalue weighted by molar-refractivity contribution is -0.117. The lowest BCUT2D eigenvalue weighted by atomic mass is 10.1. The van der Waals surface area contributed by atoms with Crippen LogP contribution in [0.5, 0.6) is 0 Å². The zero-order valence-corrected chi connectivity index (χ0v) is 15.1. The molecule has 1 aliphatic rings. The Morgan fingerprint density at radius 1 is 1.15 bits per heavy atom. The fraction of sp³-hybridized carbons (Fsp3) is 0.190. The predicted molar refractivity (Wildman–Crippen MR) is 105 cm³/mol. The Hall–Kier alpha value is -3.25. The molecule has 4 rings (SSSR count). The third-order valence-corrected chi connectivity index (χ3v) is 4.36. The van der Waals surface area contributed by atoms with Crippen LogP contribution in [0.25, 0.3) is 10.9 Å². The van der Waals surface area contributed by atoms with Gasteiger partial charge >= 0.3 is 0 Å². The first kappa shape index (κ1) is 18.5. The van der Waals surface area contributed by atoms with Gasteiger partial charge in [0, 0.05) is 36.5 Å². The van der Waals surface area contributed by atoms with E-state index in [0.717, 1.165) is 22.2 Å². The van der Waals surface area contributed by atoms with Crippen molar-refractivity contribution in [1.82, 2.24) is 4.98 Å². The van der Waals surface area contributed by atoms with Crippen molar-refractivity contribution in [2.45, 2.75) is 6.42 Å². The summed E-state index contributed by atoms with van der Waals surface area (Å²) < 4.78 is 4.97. The molecule has 1 aromatic heterocycles. The molecular formula is C21H21N3O3. The van der Waals surface area contributed by atoms with E-state index in [-0.39, 0.29) is 5.91 Å². The van der Waals surface area contributed by atoms with Crippen molar-refractivity contribution < 1.29 is 14.3 Å². The second-order valence-corrected chi connectivity index (χ2v) is 6.08. The summed E-state index contributed by atoms with van der Waals surface area (Å²) in [5.41, 5.74) is 8.68. The molecule has 6 heteroatoms. The van der Waals surface area contributed by atoms with Gasteiger partial charge in [-0.3, -0.25) is 14.6 Å². The summed E-state index contributed by atoms with van der Waals surface area (Å²) in [5.74, 6) is -0.248. The standard InChI is InChI=1S/C11H13NO2.C10H8N2O/c1-14-7-6-12-10-5-3-2-4-9(10)8-11(12)13;11-10(13)8-3-1-5-9-7(8)4-2-6-12-9/h2-5H,6-8H2,1H3;1-6H,(H2,11,13). The Morgan fingerprint density at radius 3 is 2.74 bits per heavy atom. The van der Waals surface area contributed by atoms with Crippen LogP contribution in [0, 0.1) is 0 Å². The SMILES string of the molecule is COCCN1C(=O)Cc2ccccc21.NC(=O)c1cccc2ncccc12. The number of ether oxygens (including phenoxy) is 1. The molecule has 0 saturated heterocycles. The number of pyridine rings is 1. The fourth-order valence-corrected chi connectivity index (χ4v) is 3.06. The van der Waals surface area contributed by atoms with E-state index in [2.05, 4.69) is 4.98 Å². The van der Waals surface area contributed by atoms with Gasteiger partial charge in [-0.2, -0.15) is 0 Å². The van der Waals surface area contributed by atoms with E-state index in [9.17, 15) is 9.59 Å². The molecule has 0 saturated carbocycles. The van der Waals surface area contributed by atoms with Crippen LogP contribution in [0.2, 0.25) is 0 Å². The van der Waals surface area contributed by atoms with E-state index in [1.807, 2.05) is 36.4 Å². The summed E-state index contributed by atoms with van der Waals surface area (Å²) in [5, 5.41) is 0.803. The number of carbonyl (C=O) groups excluding carboxylic acids is 2. The summed E-state index contributed by atoms with van der Waals surface area (Å²) in [6.45, 7) is 1.23. The van der Waals surface area contributed by atoms with E-state index in [4.69, 9.17) is 10.5 Å². The number of amides is 2. The van der Waals surface area contributed by atoms with Crippen LogP contribution in [0.3, 0.4) is 0 Å². The molecule has 3 aromatic rings. The normalized spacial score (nSPS) is 12.5. The quantitative estimate of drug-likeness (QED) is 0.772. The monoisotopic (exact) mass is 363 g/mol. The molecule has 0 radical (unpaired) electrons. The molecule has 0 fully saturated rings. The van der Waals surface area contributed by atoms with Gasteiger partial charge in [-0.25, -0.2) is 0 Å². The number of methoxy groups -OCH3 is 1. The molecule has 0 spiro atoms. The Balaban J connectivity index is 0.000000156. The summed E-state index contributed by atoms with van der Waals surface area (Å²) in [4.78, 5) is 28.5. The average Bonchev–Trinajstić information content (AvgIpc) is 3.01. The van der Waals surface area contributed by atoms with Crippen molar-refractivity contribution in [3.05, 3.63) is 71.9 Å². The zero-order chi connectivity index (χ0) is 19.2. The molecule has 0 unspecified atom stereocenters. The number of nitrogens with zero attached hydrogens (tertiary/aromatic N) is 2. The van der Waals surface area contributed by atoms with Gasteiger partial charge in [0.1, 0.15) is 0 Å². The van der Waals surface area contributed by atoms with Crippen molar-refractivity contribution in [3.63, 3.8) is 0 Å². The Kier molecular flexibility index (Phi) is 5.78. The van der Waals surface area contributed by atoms with Crippen molar-refractivity contribution in [2.75, 3.05) is 25.2 Å². The van der Waals surface area contributed by atoms with Crippen molar-refractivity contribution in [2.24, 2.45) is 5.73 Å². The van der Waals surface area contributed by atoms with Crippen LogP contribution in [-0.4, -0.2) is 37.1 Å². The number of aromatic nitrogens is 1. The number of primary amides is 1. The lowest BCUT2D eigenvalue weighted by Crippen LogP contribution is -2.30. The molecule has 2 N–H and O–H groups in total. The number of hydrogen-bond acceptors (Lipinski definition) is 4. The van der Waals surface area contributed by atoms with Crippen LogP contribution in [0.1, 0.15) is 15.9 Å². The van der Waals surface area contributed by atoms with E-state index in [1.54, 1.807) is 36.4 Å². The third kappa shape index (κ3) is 4.12. The fourth-order valence-electron chi connectivity index (χ4n) is 3.06. The summed E-state index contributed by atoms with van der Waals surface area (Å²) >= 11 is 0. The average molecular weight is 363 g/mol. The highest BCUT2D eigenvalue weighted by molar-refractivity contribution is 6.05. The maximum Gasteiger partial charge on any atom is 0.249 e. The molecule has 2 amide bonds. The van der Waals surface area contributed by atoms with E-state index < -0.39 is 5.91 Å². The molecule has 2 heterocycles. The minimum Gasteiger partial charge on any atom is -0.383 e. The first-order valence-electron chi connectivity index (χ1n) is 8.62. The smallest absolute Gasteiger partial charge is 0.249 e. The first-order valence-corrected chi connectivity index (χ1v) is 8.62. The molecule has 2 aromatic carbocycles. The van der Waals surface area contributed by atoms with Gasteiger partial charge in [0.2, 0.25) is 11.8 Å². The van der Waals surface area contributed by atoms with E-state index in [0.29, 0.717) is 25.1 Å². The zero-order valence-electron chi connectivity index (χ0n) is 15.1. The van der Waals surface area contributed by atoms with Gasteiger partial charge in [0.15, 0.2) is 0 Å². The summed E-state index contributed by atoms with van der Waals surface area (Å²) in [6.07, 6.45) is 2.22. The largest absolute Gasteiger partial charge is 0.383 e. The van der Waals surface area contributed by atoms with Gasteiger partial charge in [0.25, 0.3) is 0 Å². The minimum atomic E-state index is -0.418. The molecule has 0 aliphatic carbocycles. The molecule has 0 atom stereocenters. The number of nitrogens with two attached hydrogens (primary N) is 1. The van der Waals surface area contributed by atoms with Crippen LogP contribution in [-0.2, 0) is 16.0 Å². The number of para-hydroxylation sites is 1. The van der Waals surface area contributed by atoms with Gasteiger partial charge in [-0.05, 0) is 29.8 Å². The van der Waals surface area contributed by atoms with Gasteiger partial charge in [0.05, 0.1) is 18.5 Å². The molecule has 6 nitrogen and oxygen atoms in total. The Bertz CT molecular complexity index is 966.